The van der Waals surface area contributed by atoms with Crippen LogP contribution in [0, 0.1) is 5.95 Å². The SMILES string of the molecule is CC(C)c1c(B(O)O)ccnc1F. The molecule has 0 aromatic carbocycles. The zero-order valence-electron chi connectivity index (χ0n) is 7.53. The van der Waals surface area contributed by atoms with Crippen LogP contribution in [0.25, 0.3) is 0 Å². The molecule has 0 saturated carbocycles. The van der Waals surface area contributed by atoms with Gasteiger partial charge in [-0.25, -0.2) is 4.98 Å². The Bertz CT molecular complexity index is 304. The highest BCUT2D eigenvalue weighted by atomic mass is 19.1. The monoisotopic (exact) mass is 183 g/mol. The van der Waals surface area contributed by atoms with E-state index in [1.807, 2.05) is 0 Å². The van der Waals surface area contributed by atoms with Gasteiger partial charge >= 0.3 is 7.12 Å². The van der Waals surface area contributed by atoms with Crippen LogP contribution < -0.4 is 5.46 Å². The third-order valence-corrected chi connectivity index (χ3v) is 1.83. The molecule has 1 aromatic heterocycles. The average molecular weight is 183 g/mol. The molecule has 0 bridgehead atoms. The van der Waals surface area contributed by atoms with E-state index in [0.29, 0.717) is 0 Å². The van der Waals surface area contributed by atoms with E-state index in [2.05, 4.69) is 4.98 Å². The van der Waals surface area contributed by atoms with Gasteiger partial charge in [-0.15, -0.1) is 0 Å². The van der Waals surface area contributed by atoms with Gasteiger partial charge in [0.25, 0.3) is 0 Å². The second-order valence-corrected chi connectivity index (χ2v) is 3.13. The molecule has 0 unspecified atom stereocenters. The number of rotatable bonds is 2. The molecule has 0 fully saturated rings. The van der Waals surface area contributed by atoms with Crippen molar-refractivity contribution in [2.24, 2.45) is 0 Å². The van der Waals surface area contributed by atoms with Gasteiger partial charge in [-0.05, 0) is 17.4 Å². The minimum Gasteiger partial charge on any atom is -0.423 e. The lowest BCUT2D eigenvalue weighted by Gasteiger charge is -2.11. The molecule has 1 aromatic rings. The topological polar surface area (TPSA) is 53.4 Å². The quantitative estimate of drug-likeness (QED) is 0.502. The second-order valence-electron chi connectivity index (χ2n) is 3.13. The first kappa shape index (κ1) is 10.1. The number of hydrogen-bond acceptors (Lipinski definition) is 3. The smallest absolute Gasteiger partial charge is 0.423 e. The van der Waals surface area contributed by atoms with Crippen LogP contribution in [-0.4, -0.2) is 22.2 Å². The lowest BCUT2D eigenvalue weighted by molar-refractivity contribution is 0.424. The number of aromatic nitrogens is 1. The summed E-state index contributed by atoms with van der Waals surface area (Å²) in [5, 5.41) is 17.9. The van der Waals surface area contributed by atoms with Crippen molar-refractivity contribution < 1.29 is 14.4 Å². The maximum atomic E-state index is 13.1. The highest BCUT2D eigenvalue weighted by Gasteiger charge is 2.21. The van der Waals surface area contributed by atoms with Crippen molar-refractivity contribution in [1.82, 2.24) is 4.98 Å². The van der Waals surface area contributed by atoms with E-state index >= 15 is 0 Å². The van der Waals surface area contributed by atoms with E-state index in [0.717, 1.165) is 0 Å². The van der Waals surface area contributed by atoms with Crippen LogP contribution in [0.3, 0.4) is 0 Å². The fourth-order valence-corrected chi connectivity index (χ4v) is 1.26. The van der Waals surface area contributed by atoms with Crippen molar-refractivity contribution in [2.75, 3.05) is 0 Å². The van der Waals surface area contributed by atoms with Gasteiger partial charge in [-0.3, -0.25) is 0 Å². The minimum atomic E-state index is -1.64. The standard InChI is InChI=1S/C8H11BFNO2/c1-5(2)7-6(9(12)13)3-4-11-8(7)10/h3-5,12-13H,1-2H3. The van der Waals surface area contributed by atoms with Gasteiger partial charge in [0.2, 0.25) is 5.95 Å². The third kappa shape index (κ3) is 2.05. The Morgan fingerprint density at radius 2 is 2.08 bits per heavy atom. The third-order valence-electron chi connectivity index (χ3n) is 1.83. The first-order chi connectivity index (χ1) is 6.04. The fraction of sp³-hybridized carbons (Fsp3) is 0.375. The highest BCUT2D eigenvalue weighted by molar-refractivity contribution is 6.59. The number of pyridine rings is 1. The summed E-state index contributed by atoms with van der Waals surface area (Å²) in [6.07, 6.45) is 1.22. The van der Waals surface area contributed by atoms with E-state index in [1.165, 1.54) is 12.3 Å². The molecule has 0 atom stereocenters. The van der Waals surface area contributed by atoms with E-state index in [4.69, 9.17) is 10.0 Å². The van der Waals surface area contributed by atoms with Gasteiger partial charge in [0, 0.05) is 11.8 Å². The average Bonchev–Trinajstić information content (AvgIpc) is 2.02. The summed E-state index contributed by atoms with van der Waals surface area (Å²) >= 11 is 0. The molecule has 0 aliphatic heterocycles. The molecule has 0 spiro atoms. The summed E-state index contributed by atoms with van der Waals surface area (Å²) in [6, 6.07) is 1.41. The van der Waals surface area contributed by atoms with Crippen molar-refractivity contribution in [3.8, 4) is 0 Å². The van der Waals surface area contributed by atoms with Crippen LogP contribution in [0.15, 0.2) is 12.3 Å². The molecule has 0 saturated heterocycles. The molecule has 0 amide bonds. The Morgan fingerprint density at radius 1 is 1.46 bits per heavy atom. The van der Waals surface area contributed by atoms with Gasteiger partial charge in [0.15, 0.2) is 0 Å². The summed E-state index contributed by atoms with van der Waals surface area (Å²) in [6.45, 7) is 3.54. The molecule has 5 heteroatoms. The van der Waals surface area contributed by atoms with Crippen molar-refractivity contribution in [2.45, 2.75) is 19.8 Å². The number of hydrogen-bond donors (Lipinski definition) is 2. The Hall–Kier alpha value is -0.935. The van der Waals surface area contributed by atoms with Crippen LogP contribution in [0.2, 0.25) is 0 Å². The normalized spacial score (nSPS) is 10.6. The maximum absolute atomic E-state index is 13.1. The van der Waals surface area contributed by atoms with Gasteiger partial charge in [-0.1, -0.05) is 13.8 Å². The van der Waals surface area contributed by atoms with E-state index in [1.54, 1.807) is 13.8 Å². The van der Waals surface area contributed by atoms with Crippen LogP contribution in [0.5, 0.6) is 0 Å². The molecule has 1 heterocycles. The molecule has 13 heavy (non-hydrogen) atoms. The van der Waals surface area contributed by atoms with Crippen LogP contribution in [-0.2, 0) is 0 Å². The molecule has 70 valence electrons. The van der Waals surface area contributed by atoms with E-state index in [9.17, 15) is 4.39 Å². The van der Waals surface area contributed by atoms with Gasteiger partial charge in [-0.2, -0.15) is 4.39 Å². The zero-order chi connectivity index (χ0) is 10.0. The molecule has 0 aliphatic rings. The summed E-state index contributed by atoms with van der Waals surface area (Å²) in [5.74, 6) is -0.758. The van der Waals surface area contributed by atoms with Gasteiger partial charge in [0.05, 0.1) is 0 Å². The van der Waals surface area contributed by atoms with Crippen LogP contribution in [0.1, 0.15) is 25.3 Å². The van der Waals surface area contributed by atoms with Crippen LogP contribution >= 0.6 is 0 Å². The first-order valence-electron chi connectivity index (χ1n) is 4.04. The van der Waals surface area contributed by atoms with Gasteiger partial charge in [0.1, 0.15) is 0 Å². The lowest BCUT2D eigenvalue weighted by atomic mass is 9.75. The molecular formula is C8H11BFNO2. The summed E-state index contributed by atoms with van der Waals surface area (Å²) < 4.78 is 13.1. The Kier molecular flexibility index (Phi) is 3.00. The van der Waals surface area contributed by atoms with Crippen molar-refractivity contribution in [3.63, 3.8) is 0 Å². The van der Waals surface area contributed by atoms with Crippen molar-refractivity contribution in [1.29, 1.82) is 0 Å². The maximum Gasteiger partial charge on any atom is 0.488 e. The fourth-order valence-electron chi connectivity index (χ4n) is 1.26. The number of nitrogens with zero attached hydrogens (tertiary/aromatic N) is 1. The Labute approximate surface area is 76.4 Å². The molecular weight excluding hydrogens is 172 g/mol. The predicted molar refractivity (Wildman–Crippen MR) is 48.1 cm³/mol. The lowest BCUT2D eigenvalue weighted by Crippen LogP contribution is -2.34. The largest absolute Gasteiger partial charge is 0.488 e. The summed E-state index contributed by atoms with van der Waals surface area (Å²) in [4.78, 5) is 3.45. The first-order valence-corrected chi connectivity index (χ1v) is 4.04. The van der Waals surface area contributed by atoms with Crippen molar-refractivity contribution >= 4 is 12.6 Å². The van der Waals surface area contributed by atoms with Crippen LogP contribution in [0.4, 0.5) is 4.39 Å². The summed E-state index contributed by atoms with van der Waals surface area (Å²) in [5.41, 5.74) is 0.444. The van der Waals surface area contributed by atoms with Crippen molar-refractivity contribution in [3.05, 3.63) is 23.8 Å². The molecule has 2 N–H and O–H groups in total. The molecule has 1 rings (SSSR count). The zero-order valence-corrected chi connectivity index (χ0v) is 7.53. The second kappa shape index (κ2) is 3.85. The van der Waals surface area contributed by atoms with E-state index < -0.39 is 13.1 Å². The van der Waals surface area contributed by atoms with Gasteiger partial charge < -0.3 is 10.0 Å². The molecule has 3 nitrogen and oxygen atoms in total. The summed E-state index contributed by atoms with van der Waals surface area (Å²) in [7, 11) is -1.64. The highest BCUT2D eigenvalue weighted by Crippen LogP contribution is 2.14. The molecule has 0 radical (unpaired) electrons. The van der Waals surface area contributed by atoms with E-state index in [-0.39, 0.29) is 16.9 Å². The molecule has 0 aliphatic carbocycles. The Morgan fingerprint density at radius 3 is 2.46 bits per heavy atom. The number of halogens is 1. The minimum absolute atomic E-state index is 0.120. The Balaban J connectivity index is 3.26. The predicted octanol–water partition coefficient (Wildman–Crippen LogP) is 0.0239.